The van der Waals surface area contributed by atoms with Crippen LogP contribution in [0, 0.1) is 0 Å². The van der Waals surface area contributed by atoms with Gasteiger partial charge in [0.1, 0.15) is 6.61 Å². The first-order valence-electron chi connectivity index (χ1n) is 10.9. The molecule has 33 heavy (non-hydrogen) atoms. The highest BCUT2D eigenvalue weighted by Gasteiger charge is 2.52. The molecular formula is C28H23NO4. The maximum Gasteiger partial charge on any atom is 0.340 e. The van der Waals surface area contributed by atoms with E-state index in [4.69, 9.17) is 14.5 Å². The zero-order chi connectivity index (χ0) is 22.8. The second-order valence-corrected chi connectivity index (χ2v) is 8.21. The standard InChI is InChI=1S/C28H23NO4/c1-32-26(30)25-23(18-33-27(31)28(16-17-28)20-12-6-3-7-13-20)29-22-15-9-8-14-21(22)24(25)19-10-4-2-5-11-19/h2-15H,16-18H2,1H3. The van der Waals surface area contributed by atoms with Crippen molar-refractivity contribution in [1.29, 1.82) is 0 Å². The third-order valence-corrected chi connectivity index (χ3v) is 6.23. The van der Waals surface area contributed by atoms with Crippen LogP contribution in [0.2, 0.25) is 0 Å². The number of carbonyl (C=O) groups excluding carboxylic acids is 2. The van der Waals surface area contributed by atoms with Gasteiger partial charge in [0.15, 0.2) is 0 Å². The van der Waals surface area contributed by atoms with E-state index >= 15 is 0 Å². The van der Waals surface area contributed by atoms with Gasteiger partial charge in [-0.2, -0.15) is 0 Å². The molecule has 5 rings (SSSR count). The van der Waals surface area contributed by atoms with E-state index in [0.717, 1.165) is 40.4 Å². The lowest BCUT2D eigenvalue weighted by Gasteiger charge is -2.18. The third kappa shape index (κ3) is 3.76. The number of para-hydroxylation sites is 1. The lowest BCUT2D eigenvalue weighted by molar-refractivity contribution is -0.148. The van der Waals surface area contributed by atoms with Crippen LogP contribution < -0.4 is 0 Å². The fourth-order valence-corrected chi connectivity index (χ4v) is 4.36. The van der Waals surface area contributed by atoms with E-state index in [-0.39, 0.29) is 12.6 Å². The lowest BCUT2D eigenvalue weighted by Crippen LogP contribution is -2.24. The minimum atomic E-state index is -0.605. The highest BCUT2D eigenvalue weighted by molar-refractivity contribution is 6.07. The molecule has 1 aliphatic rings. The predicted molar refractivity (Wildman–Crippen MR) is 126 cm³/mol. The topological polar surface area (TPSA) is 65.5 Å². The number of hydrogen-bond acceptors (Lipinski definition) is 5. The van der Waals surface area contributed by atoms with Gasteiger partial charge in [-0.3, -0.25) is 4.79 Å². The van der Waals surface area contributed by atoms with Crippen molar-refractivity contribution in [2.24, 2.45) is 0 Å². The summed E-state index contributed by atoms with van der Waals surface area (Å²) in [5, 5.41) is 0.835. The number of rotatable bonds is 6. The van der Waals surface area contributed by atoms with Crippen molar-refractivity contribution in [3.05, 3.63) is 102 Å². The van der Waals surface area contributed by atoms with Gasteiger partial charge in [0.25, 0.3) is 0 Å². The summed E-state index contributed by atoms with van der Waals surface area (Å²) in [6.45, 7) is -0.109. The Bertz CT molecular complexity index is 1330. The van der Waals surface area contributed by atoms with Crippen molar-refractivity contribution in [1.82, 2.24) is 4.98 Å². The van der Waals surface area contributed by atoms with Crippen molar-refractivity contribution in [2.45, 2.75) is 24.9 Å². The fraction of sp³-hybridized carbons (Fsp3) is 0.179. The van der Waals surface area contributed by atoms with Gasteiger partial charge in [-0.15, -0.1) is 0 Å². The smallest absolute Gasteiger partial charge is 0.340 e. The summed E-state index contributed by atoms with van der Waals surface area (Å²) >= 11 is 0. The predicted octanol–water partition coefficient (Wildman–Crippen LogP) is 5.46. The minimum absolute atomic E-state index is 0.109. The van der Waals surface area contributed by atoms with Crippen molar-refractivity contribution in [3.63, 3.8) is 0 Å². The second-order valence-electron chi connectivity index (χ2n) is 8.21. The zero-order valence-electron chi connectivity index (χ0n) is 18.3. The lowest BCUT2D eigenvalue weighted by atomic mass is 9.94. The van der Waals surface area contributed by atoms with Gasteiger partial charge in [0.05, 0.1) is 29.3 Å². The summed E-state index contributed by atoms with van der Waals surface area (Å²) in [6.07, 6.45) is 1.50. The van der Waals surface area contributed by atoms with Crippen molar-refractivity contribution in [3.8, 4) is 11.1 Å². The van der Waals surface area contributed by atoms with Crippen molar-refractivity contribution in [2.75, 3.05) is 7.11 Å². The van der Waals surface area contributed by atoms with Gasteiger partial charge in [0.2, 0.25) is 0 Å². The van der Waals surface area contributed by atoms with Crippen LogP contribution in [-0.4, -0.2) is 24.0 Å². The van der Waals surface area contributed by atoms with Gasteiger partial charge in [-0.25, -0.2) is 9.78 Å². The van der Waals surface area contributed by atoms with Crippen LogP contribution in [0.4, 0.5) is 0 Å². The van der Waals surface area contributed by atoms with E-state index < -0.39 is 11.4 Å². The van der Waals surface area contributed by atoms with Crippen LogP contribution in [0.15, 0.2) is 84.9 Å². The Kier molecular flexibility index (Phi) is 5.38. The van der Waals surface area contributed by atoms with E-state index in [2.05, 4.69) is 0 Å². The normalized spacial score (nSPS) is 14.0. The molecule has 0 spiro atoms. The number of esters is 2. The van der Waals surface area contributed by atoms with Crippen molar-refractivity contribution < 1.29 is 19.1 Å². The Labute approximate surface area is 192 Å². The Morgan fingerprint density at radius 2 is 1.52 bits per heavy atom. The number of ether oxygens (including phenoxy) is 2. The zero-order valence-corrected chi connectivity index (χ0v) is 18.3. The maximum absolute atomic E-state index is 13.1. The molecule has 1 saturated carbocycles. The first-order chi connectivity index (χ1) is 16.1. The van der Waals surface area contributed by atoms with Crippen LogP contribution in [0.3, 0.4) is 0 Å². The van der Waals surface area contributed by atoms with Crippen LogP contribution >= 0.6 is 0 Å². The molecule has 0 amide bonds. The molecule has 0 saturated heterocycles. The number of aromatic nitrogens is 1. The van der Waals surface area contributed by atoms with E-state index in [1.807, 2.05) is 84.9 Å². The Morgan fingerprint density at radius 3 is 2.18 bits per heavy atom. The summed E-state index contributed by atoms with van der Waals surface area (Å²) in [5.41, 5.74) is 3.37. The largest absolute Gasteiger partial charge is 0.465 e. The summed E-state index contributed by atoms with van der Waals surface area (Å²) in [4.78, 5) is 30.7. The minimum Gasteiger partial charge on any atom is -0.465 e. The molecule has 0 atom stereocenters. The molecular weight excluding hydrogens is 414 g/mol. The molecule has 164 valence electrons. The average Bonchev–Trinajstić information content (AvgIpc) is 3.69. The number of nitrogens with zero attached hydrogens (tertiary/aromatic N) is 1. The summed E-state index contributed by atoms with van der Waals surface area (Å²) in [7, 11) is 1.34. The molecule has 0 aliphatic heterocycles. The molecule has 3 aromatic carbocycles. The van der Waals surface area contributed by atoms with Gasteiger partial charge in [-0.05, 0) is 30.0 Å². The molecule has 5 nitrogen and oxygen atoms in total. The van der Waals surface area contributed by atoms with Crippen LogP contribution in [0.5, 0.6) is 0 Å². The van der Waals surface area contributed by atoms with E-state index in [1.54, 1.807) is 0 Å². The Balaban J connectivity index is 1.57. The number of carbonyl (C=O) groups is 2. The highest BCUT2D eigenvalue weighted by Crippen LogP contribution is 2.49. The van der Waals surface area contributed by atoms with Crippen molar-refractivity contribution >= 4 is 22.8 Å². The van der Waals surface area contributed by atoms with Crippen LogP contribution in [0.25, 0.3) is 22.0 Å². The molecule has 1 fully saturated rings. The monoisotopic (exact) mass is 437 g/mol. The Hall–Kier alpha value is -3.99. The number of methoxy groups -OCH3 is 1. The third-order valence-electron chi connectivity index (χ3n) is 6.23. The average molecular weight is 437 g/mol. The molecule has 1 heterocycles. The van der Waals surface area contributed by atoms with Gasteiger partial charge in [0, 0.05) is 10.9 Å². The van der Waals surface area contributed by atoms with E-state index in [9.17, 15) is 9.59 Å². The molecule has 0 radical (unpaired) electrons. The van der Waals surface area contributed by atoms with E-state index in [1.165, 1.54) is 7.11 Å². The second kappa shape index (κ2) is 8.51. The van der Waals surface area contributed by atoms with E-state index in [0.29, 0.717) is 11.3 Å². The highest BCUT2D eigenvalue weighted by atomic mass is 16.5. The van der Waals surface area contributed by atoms with Crippen LogP contribution in [0.1, 0.15) is 34.5 Å². The molecule has 1 aromatic heterocycles. The summed E-state index contributed by atoms with van der Waals surface area (Å²) < 4.78 is 10.9. The molecule has 0 N–H and O–H groups in total. The van der Waals surface area contributed by atoms with Crippen LogP contribution in [-0.2, 0) is 26.3 Å². The SMILES string of the molecule is COC(=O)c1c(COC(=O)C2(c3ccccc3)CC2)nc2ccccc2c1-c1ccccc1. The summed E-state index contributed by atoms with van der Waals surface area (Å²) in [5.74, 6) is -0.803. The van der Waals surface area contributed by atoms with Gasteiger partial charge >= 0.3 is 11.9 Å². The number of fused-ring (bicyclic) bond motifs is 1. The molecule has 0 unspecified atom stereocenters. The van der Waals surface area contributed by atoms with Gasteiger partial charge < -0.3 is 9.47 Å². The Morgan fingerprint density at radius 1 is 0.879 bits per heavy atom. The molecule has 5 heteroatoms. The summed E-state index contributed by atoms with van der Waals surface area (Å²) in [6, 6.07) is 27.0. The first-order valence-corrected chi connectivity index (χ1v) is 10.9. The number of pyridine rings is 1. The molecule has 1 aliphatic carbocycles. The number of benzene rings is 3. The maximum atomic E-state index is 13.1. The number of hydrogen-bond donors (Lipinski definition) is 0. The molecule has 0 bridgehead atoms. The molecule has 4 aromatic rings. The first kappa shape index (κ1) is 20.9. The fourth-order valence-electron chi connectivity index (χ4n) is 4.36. The van der Waals surface area contributed by atoms with Gasteiger partial charge in [-0.1, -0.05) is 78.9 Å². The quantitative estimate of drug-likeness (QED) is 0.375.